The predicted octanol–water partition coefficient (Wildman–Crippen LogP) is 3.28. The fraction of sp³-hybridized carbons (Fsp3) is 0.480. The van der Waals surface area contributed by atoms with Crippen molar-refractivity contribution in [1.29, 1.82) is 10.5 Å². The summed E-state index contributed by atoms with van der Waals surface area (Å²) in [6, 6.07) is 7.52. The van der Waals surface area contributed by atoms with Gasteiger partial charge in [0.05, 0.1) is 23.6 Å². The number of nitro benzene ring substituents is 1. The van der Waals surface area contributed by atoms with Gasteiger partial charge in [0.25, 0.3) is 5.69 Å². The molecule has 0 spiro atoms. The number of aromatic nitrogens is 2. The van der Waals surface area contributed by atoms with Crippen LogP contribution >= 0.6 is 0 Å². The lowest BCUT2D eigenvalue weighted by Crippen LogP contribution is -2.32. The maximum atomic E-state index is 12.1. The number of nitrogen functional groups attached to an aromatic ring is 1. The van der Waals surface area contributed by atoms with Crippen LogP contribution in [0.2, 0.25) is 0 Å². The van der Waals surface area contributed by atoms with Crippen LogP contribution in [0.15, 0.2) is 12.1 Å². The second-order valence-electron chi connectivity index (χ2n) is 9.09. The molecule has 0 radical (unpaired) electrons. The lowest BCUT2D eigenvalue weighted by molar-refractivity contribution is -0.384. The average molecular weight is 491 g/mol. The van der Waals surface area contributed by atoms with E-state index in [-0.39, 0.29) is 46.4 Å². The minimum atomic E-state index is -0.373. The molecule has 2 aliphatic heterocycles. The first-order chi connectivity index (χ1) is 17.5. The van der Waals surface area contributed by atoms with Crippen LogP contribution < -0.4 is 15.5 Å². The van der Waals surface area contributed by atoms with E-state index >= 15 is 0 Å². The zero-order chi connectivity index (χ0) is 25.7. The number of hydrogen-bond acceptors (Lipinski definition) is 9. The fourth-order valence-electron chi connectivity index (χ4n) is 4.99. The van der Waals surface area contributed by atoms with E-state index in [0.717, 1.165) is 70.4 Å². The van der Waals surface area contributed by atoms with Gasteiger partial charge in [0.15, 0.2) is 0 Å². The molecule has 0 bridgehead atoms. The summed E-state index contributed by atoms with van der Waals surface area (Å²) >= 11 is 0. The molecule has 2 fully saturated rings. The number of nitrogens with zero attached hydrogens (tertiary/aromatic N) is 7. The number of nitriles is 2. The number of aliphatic hydroxyl groups is 1. The van der Waals surface area contributed by atoms with Crippen molar-refractivity contribution in [3.05, 3.63) is 39.1 Å². The number of nitrogens with two attached hydrogens (primary N) is 1. The Labute approximate surface area is 209 Å². The van der Waals surface area contributed by atoms with Crippen molar-refractivity contribution in [2.75, 3.05) is 48.3 Å². The van der Waals surface area contributed by atoms with Crippen molar-refractivity contribution >= 4 is 34.5 Å². The minimum Gasteiger partial charge on any atom is -0.394 e. The van der Waals surface area contributed by atoms with Gasteiger partial charge in [0.1, 0.15) is 34.9 Å². The third-order valence-corrected chi connectivity index (χ3v) is 6.80. The number of hydrogen-bond donors (Lipinski definition) is 2. The quantitative estimate of drug-likeness (QED) is 0.337. The highest BCUT2D eigenvalue weighted by Crippen LogP contribution is 2.39. The van der Waals surface area contributed by atoms with Crippen LogP contribution in [-0.2, 0) is 6.54 Å². The number of benzene rings is 1. The Hall–Kier alpha value is -4.09. The second-order valence-corrected chi connectivity index (χ2v) is 9.09. The molecule has 11 nitrogen and oxygen atoms in total. The first-order valence-electron chi connectivity index (χ1n) is 12.3. The largest absolute Gasteiger partial charge is 0.394 e. The average Bonchev–Trinajstić information content (AvgIpc) is 3.22. The molecule has 0 saturated carbocycles. The van der Waals surface area contributed by atoms with Gasteiger partial charge in [-0.2, -0.15) is 15.6 Å². The van der Waals surface area contributed by atoms with E-state index in [1.807, 2.05) is 12.1 Å². The molecule has 188 valence electrons. The van der Waals surface area contributed by atoms with E-state index in [9.17, 15) is 25.7 Å². The molecule has 2 saturated heterocycles. The normalized spacial score (nSPS) is 16.5. The van der Waals surface area contributed by atoms with Gasteiger partial charge >= 0.3 is 0 Å². The van der Waals surface area contributed by atoms with E-state index in [1.54, 1.807) is 6.08 Å². The van der Waals surface area contributed by atoms with Gasteiger partial charge in [0.2, 0.25) is 0 Å². The predicted molar refractivity (Wildman–Crippen MR) is 137 cm³/mol. The van der Waals surface area contributed by atoms with E-state index in [2.05, 4.69) is 21.0 Å². The summed E-state index contributed by atoms with van der Waals surface area (Å²) in [7, 11) is 0. The molecule has 0 atom stereocenters. The monoisotopic (exact) mass is 490 g/mol. The Kier molecular flexibility index (Phi) is 7.71. The topological polar surface area (TPSA) is 161 Å². The third-order valence-electron chi connectivity index (χ3n) is 6.80. The Morgan fingerprint density at radius 3 is 2.22 bits per heavy atom. The number of nitro groups is 1. The highest BCUT2D eigenvalue weighted by molar-refractivity contribution is 5.95. The number of allylic oxidation sites excluding steroid dienone is 1. The number of piperidine rings is 2. The summed E-state index contributed by atoms with van der Waals surface area (Å²) < 4.78 is 1.28. The van der Waals surface area contributed by atoms with Gasteiger partial charge in [-0.3, -0.25) is 10.1 Å². The van der Waals surface area contributed by atoms with Crippen molar-refractivity contribution in [3.8, 4) is 12.1 Å². The zero-order valence-electron chi connectivity index (χ0n) is 20.2. The van der Waals surface area contributed by atoms with Crippen molar-refractivity contribution in [2.45, 2.75) is 45.1 Å². The first kappa shape index (κ1) is 25.0. The molecular weight excluding hydrogens is 460 g/mol. The second kappa shape index (κ2) is 11.1. The molecule has 4 rings (SSSR count). The molecular formula is C25H30N8O3. The fourth-order valence-corrected chi connectivity index (χ4v) is 4.99. The summed E-state index contributed by atoms with van der Waals surface area (Å²) in [6.07, 6.45) is 7.82. The standard InChI is InChI=1S/C25H30N8O3/c26-16-19(24-20(17-27)25(28)32(29-24)11-12-34)13-18-14-23(33(35)36)22(31-9-5-2-6-10-31)15-21(18)30-7-3-1-4-8-30/h13-15,34H,1-12,28H2. The number of aliphatic hydroxyl groups excluding tert-OH is 1. The molecule has 2 aliphatic rings. The molecule has 3 N–H and O–H groups in total. The molecule has 1 aromatic heterocycles. The van der Waals surface area contributed by atoms with Gasteiger partial charge < -0.3 is 20.6 Å². The van der Waals surface area contributed by atoms with Crippen LogP contribution in [0.1, 0.15) is 55.3 Å². The van der Waals surface area contributed by atoms with Crippen molar-refractivity contribution in [1.82, 2.24) is 9.78 Å². The minimum absolute atomic E-state index is 0.00738. The zero-order valence-corrected chi connectivity index (χ0v) is 20.2. The van der Waals surface area contributed by atoms with Gasteiger partial charge in [0, 0.05) is 43.5 Å². The molecule has 0 unspecified atom stereocenters. The summed E-state index contributed by atoms with van der Waals surface area (Å²) in [5, 5.41) is 45.4. The van der Waals surface area contributed by atoms with Gasteiger partial charge in [-0.25, -0.2) is 4.68 Å². The molecule has 0 aliphatic carbocycles. The van der Waals surface area contributed by atoms with Crippen LogP contribution in [0.5, 0.6) is 0 Å². The first-order valence-corrected chi connectivity index (χ1v) is 12.3. The van der Waals surface area contributed by atoms with Crippen LogP contribution in [0.4, 0.5) is 22.9 Å². The highest BCUT2D eigenvalue weighted by Gasteiger charge is 2.27. The maximum absolute atomic E-state index is 12.1. The lowest BCUT2D eigenvalue weighted by Gasteiger charge is -2.33. The van der Waals surface area contributed by atoms with Crippen molar-refractivity contribution in [2.24, 2.45) is 0 Å². The SMILES string of the molecule is N#CC(=Cc1cc([N+](=O)[O-])c(N2CCCCC2)cc1N1CCCCC1)c1nn(CCO)c(N)c1C#N. The Morgan fingerprint density at radius 1 is 1.08 bits per heavy atom. The van der Waals surface area contributed by atoms with E-state index in [4.69, 9.17) is 5.73 Å². The lowest BCUT2D eigenvalue weighted by atomic mass is 10.00. The van der Waals surface area contributed by atoms with Crippen molar-refractivity contribution < 1.29 is 10.0 Å². The Balaban J connectivity index is 1.89. The van der Waals surface area contributed by atoms with E-state index < -0.39 is 0 Å². The Morgan fingerprint density at radius 2 is 1.69 bits per heavy atom. The van der Waals surface area contributed by atoms with Crippen LogP contribution in [0, 0.1) is 32.8 Å². The number of rotatable bonds is 7. The summed E-state index contributed by atoms with van der Waals surface area (Å²) in [6.45, 7) is 3.03. The van der Waals surface area contributed by atoms with E-state index in [1.165, 1.54) is 10.7 Å². The van der Waals surface area contributed by atoms with E-state index in [0.29, 0.717) is 11.3 Å². The van der Waals surface area contributed by atoms with Gasteiger partial charge in [-0.1, -0.05) is 0 Å². The molecule has 11 heteroatoms. The summed E-state index contributed by atoms with van der Waals surface area (Å²) in [4.78, 5) is 16.1. The smallest absolute Gasteiger partial charge is 0.293 e. The van der Waals surface area contributed by atoms with Crippen LogP contribution in [-0.4, -0.2) is 52.6 Å². The van der Waals surface area contributed by atoms with Crippen molar-refractivity contribution in [3.63, 3.8) is 0 Å². The Bertz CT molecular complexity index is 1240. The molecule has 0 amide bonds. The number of anilines is 3. The summed E-state index contributed by atoms with van der Waals surface area (Å²) in [5.74, 6) is 0.0605. The van der Waals surface area contributed by atoms with Gasteiger partial charge in [-0.05, 0) is 50.7 Å². The van der Waals surface area contributed by atoms with Crippen LogP contribution in [0.3, 0.4) is 0 Å². The van der Waals surface area contributed by atoms with Gasteiger partial charge in [-0.15, -0.1) is 0 Å². The maximum Gasteiger partial charge on any atom is 0.293 e. The third kappa shape index (κ3) is 4.97. The molecule has 1 aromatic carbocycles. The summed E-state index contributed by atoms with van der Waals surface area (Å²) in [5.41, 5.74) is 8.19. The molecule has 3 heterocycles. The highest BCUT2D eigenvalue weighted by atomic mass is 16.6. The molecule has 36 heavy (non-hydrogen) atoms. The molecule has 2 aromatic rings. The van der Waals surface area contributed by atoms with Crippen LogP contribution in [0.25, 0.3) is 11.6 Å².